The largest absolute Gasteiger partial charge is 0.505 e. The summed E-state index contributed by atoms with van der Waals surface area (Å²) in [5, 5.41) is 11.8. The van der Waals surface area contributed by atoms with Crippen LogP contribution in [0.1, 0.15) is 41.9 Å². The average Bonchev–Trinajstić information content (AvgIpc) is 3.52. The van der Waals surface area contributed by atoms with Crippen LogP contribution in [0, 0.1) is 0 Å². The number of hydroxylamine groups is 1. The highest BCUT2D eigenvalue weighted by molar-refractivity contribution is 6.02. The van der Waals surface area contributed by atoms with Crippen LogP contribution in [0.3, 0.4) is 0 Å². The van der Waals surface area contributed by atoms with E-state index in [9.17, 15) is 14.7 Å². The molecule has 2 aromatic carbocycles. The Morgan fingerprint density at radius 3 is 2.50 bits per heavy atom. The summed E-state index contributed by atoms with van der Waals surface area (Å²) in [7, 11) is 0. The summed E-state index contributed by atoms with van der Waals surface area (Å²) in [6.45, 7) is 1.16. The predicted molar refractivity (Wildman–Crippen MR) is 101 cm³/mol. The van der Waals surface area contributed by atoms with Crippen molar-refractivity contribution in [3.05, 3.63) is 59.9 Å². The van der Waals surface area contributed by atoms with Crippen molar-refractivity contribution in [2.24, 2.45) is 0 Å². The Kier molecular flexibility index (Phi) is 4.57. The minimum atomic E-state index is -0.777. The van der Waals surface area contributed by atoms with Gasteiger partial charge in [0.15, 0.2) is 11.4 Å². The molecule has 1 aliphatic rings. The number of carbonyl (C=O) groups is 2. The Labute approximate surface area is 160 Å². The summed E-state index contributed by atoms with van der Waals surface area (Å²) in [4.78, 5) is 32.1. The Morgan fingerprint density at radius 1 is 1.07 bits per heavy atom. The third-order valence-electron chi connectivity index (χ3n) is 4.42. The number of pyridine rings is 1. The normalized spacial score (nSPS) is 13.2. The highest BCUT2D eigenvalue weighted by atomic mass is 16.7. The summed E-state index contributed by atoms with van der Waals surface area (Å²) >= 11 is 0. The lowest BCUT2D eigenvalue weighted by Gasteiger charge is -2.13. The number of rotatable bonds is 4. The molecule has 1 saturated carbocycles. The molecule has 1 aromatic heterocycles. The van der Waals surface area contributed by atoms with Crippen molar-refractivity contribution in [2.45, 2.75) is 25.7 Å². The van der Waals surface area contributed by atoms with Gasteiger partial charge in [0.1, 0.15) is 11.5 Å². The Morgan fingerprint density at radius 2 is 1.82 bits per heavy atom. The highest BCUT2D eigenvalue weighted by Gasteiger charge is 2.30. The minimum absolute atomic E-state index is 0.174. The Balaban J connectivity index is 1.75. The van der Waals surface area contributed by atoms with Gasteiger partial charge in [0.2, 0.25) is 0 Å². The fourth-order valence-electron chi connectivity index (χ4n) is 2.98. The topological polar surface area (TPSA) is 97.8 Å². The van der Waals surface area contributed by atoms with E-state index < -0.39 is 11.9 Å². The van der Waals surface area contributed by atoms with Gasteiger partial charge in [0.05, 0.1) is 5.69 Å². The number of nitrogens with one attached hydrogen (secondary N) is 1. The number of hydrogen-bond donors (Lipinski definition) is 2. The quantitative estimate of drug-likeness (QED) is 0.670. The van der Waals surface area contributed by atoms with Crippen LogP contribution in [0.15, 0.2) is 48.5 Å². The van der Waals surface area contributed by atoms with Gasteiger partial charge in [-0.25, -0.2) is 4.98 Å². The summed E-state index contributed by atoms with van der Waals surface area (Å²) < 4.78 is 5.88. The summed E-state index contributed by atoms with van der Waals surface area (Å²) in [6.07, 6.45) is 1.92. The van der Waals surface area contributed by atoms with Gasteiger partial charge in [-0.3, -0.25) is 9.59 Å². The second-order valence-corrected chi connectivity index (χ2v) is 6.62. The maximum atomic E-state index is 12.3. The molecular formula is C21H18N2O5. The van der Waals surface area contributed by atoms with Gasteiger partial charge in [0.25, 0.3) is 0 Å². The zero-order chi connectivity index (χ0) is 19.7. The molecule has 0 unspecified atom stereocenters. The molecule has 4 rings (SSSR count). The fourth-order valence-corrected chi connectivity index (χ4v) is 2.98. The van der Waals surface area contributed by atoms with Crippen LogP contribution >= 0.6 is 0 Å². The van der Waals surface area contributed by atoms with E-state index in [0.29, 0.717) is 16.9 Å². The predicted octanol–water partition coefficient (Wildman–Crippen LogP) is 3.82. The van der Waals surface area contributed by atoms with Crippen molar-refractivity contribution in [3.63, 3.8) is 0 Å². The number of para-hydroxylation sites is 1. The summed E-state index contributed by atoms with van der Waals surface area (Å²) in [6, 6.07) is 14.6. The third-order valence-corrected chi connectivity index (χ3v) is 4.42. The molecule has 0 saturated heterocycles. The summed E-state index contributed by atoms with van der Waals surface area (Å²) in [5.74, 6) is -0.186. The summed E-state index contributed by atoms with van der Waals surface area (Å²) in [5.41, 5.74) is 2.55. The van der Waals surface area contributed by atoms with Crippen LogP contribution in [0.25, 0.3) is 10.8 Å². The molecule has 1 heterocycles. The SMILES string of the molecule is CC(=O)ONC(=O)c1nc(C2CC2)c2cc(Oc3ccccc3)ccc2c1O. The first-order chi connectivity index (χ1) is 13.5. The molecule has 2 N–H and O–H groups in total. The van der Waals surface area contributed by atoms with E-state index in [-0.39, 0.29) is 17.4 Å². The van der Waals surface area contributed by atoms with Crippen molar-refractivity contribution in [1.82, 2.24) is 10.5 Å². The molecule has 0 atom stereocenters. The molecule has 142 valence electrons. The zero-order valence-electron chi connectivity index (χ0n) is 15.1. The molecule has 3 aromatic rings. The molecule has 0 spiro atoms. The van der Waals surface area contributed by atoms with Crippen LogP contribution in [-0.2, 0) is 9.63 Å². The molecule has 28 heavy (non-hydrogen) atoms. The fraction of sp³-hybridized carbons (Fsp3) is 0.190. The van der Waals surface area contributed by atoms with Crippen molar-refractivity contribution < 1.29 is 24.3 Å². The molecule has 7 nitrogen and oxygen atoms in total. The molecular weight excluding hydrogens is 360 g/mol. The molecule has 7 heteroatoms. The van der Waals surface area contributed by atoms with Crippen LogP contribution in [0.5, 0.6) is 17.2 Å². The number of aromatic nitrogens is 1. The molecule has 1 fully saturated rings. The van der Waals surface area contributed by atoms with Crippen LogP contribution in [0.2, 0.25) is 0 Å². The molecule has 0 aliphatic heterocycles. The first kappa shape index (κ1) is 17.8. The van der Waals surface area contributed by atoms with E-state index in [0.717, 1.165) is 30.8 Å². The van der Waals surface area contributed by atoms with Crippen molar-refractivity contribution >= 4 is 22.6 Å². The zero-order valence-corrected chi connectivity index (χ0v) is 15.1. The number of hydrogen-bond acceptors (Lipinski definition) is 6. The number of carbonyl (C=O) groups excluding carboxylic acids is 2. The first-order valence-corrected chi connectivity index (χ1v) is 8.90. The molecule has 0 bridgehead atoms. The van der Waals surface area contributed by atoms with Gasteiger partial charge >= 0.3 is 11.9 Å². The third kappa shape index (κ3) is 3.59. The number of fused-ring (bicyclic) bond motifs is 1. The van der Waals surface area contributed by atoms with Crippen LogP contribution in [-0.4, -0.2) is 22.0 Å². The second-order valence-electron chi connectivity index (χ2n) is 6.62. The Bertz CT molecular complexity index is 1060. The van der Waals surface area contributed by atoms with E-state index in [1.807, 2.05) is 41.9 Å². The van der Waals surface area contributed by atoms with E-state index in [1.54, 1.807) is 12.1 Å². The van der Waals surface area contributed by atoms with E-state index in [4.69, 9.17) is 4.74 Å². The molecule has 1 amide bonds. The number of aromatic hydroxyl groups is 1. The van der Waals surface area contributed by atoms with Crippen LogP contribution < -0.4 is 10.2 Å². The standard InChI is InChI=1S/C21H18N2O5/c1-12(24)28-23-21(26)19-20(25)16-10-9-15(27-14-5-3-2-4-6-14)11-17(16)18(22-19)13-7-8-13/h2-6,9-11,13,25H,7-8H2,1H3,(H,23,26). The van der Waals surface area contributed by atoms with Gasteiger partial charge in [-0.2, -0.15) is 5.48 Å². The molecule has 1 aliphatic carbocycles. The smallest absolute Gasteiger partial charge is 0.329 e. The maximum Gasteiger partial charge on any atom is 0.329 e. The monoisotopic (exact) mass is 378 g/mol. The van der Waals surface area contributed by atoms with E-state index >= 15 is 0 Å². The highest BCUT2D eigenvalue weighted by Crippen LogP contribution is 2.45. The van der Waals surface area contributed by atoms with Crippen molar-refractivity contribution in [2.75, 3.05) is 0 Å². The Hall–Kier alpha value is -3.61. The number of amides is 1. The number of nitrogens with zero attached hydrogens (tertiary/aromatic N) is 1. The molecule has 0 radical (unpaired) electrons. The van der Waals surface area contributed by atoms with E-state index in [1.165, 1.54) is 0 Å². The number of ether oxygens (including phenoxy) is 1. The van der Waals surface area contributed by atoms with Crippen LogP contribution in [0.4, 0.5) is 0 Å². The maximum absolute atomic E-state index is 12.3. The van der Waals surface area contributed by atoms with Gasteiger partial charge < -0.3 is 14.7 Å². The number of benzene rings is 2. The lowest BCUT2D eigenvalue weighted by atomic mass is 10.0. The van der Waals surface area contributed by atoms with Gasteiger partial charge in [0, 0.05) is 23.6 Å². The average molecular weight is 378 g/mol. The van der Waals surface area contributed by atoms with Crippen molar-refractivity contribution in [1.29, 1.82) is 0 Å². The van der Waals surface area contributed by atoms with Gasteiger partial charge in [-0.15, -0.1) is 0 Å². The first-order valence-electron chi connectivity index (χ1n) is 8.90. The van der Waals surface area contributed by atoms with Crippen molar-refractivity contribution in [3.8, 4) is 17.2 Å². The van der Waals surface area contributed by atoms with E-state index in [2.05, 4.69) is 9.82 Å². The lowest BCUT2D eigenvalue weighted by Crippen LogP contribution is -2.27. The minimum Gasteiger partial charge on any atom is -0.505 e. The second kappa shape index (κ2) is 7.19. The van der Waals surface area contributed by atoms with Gasteiger partial charge in [-0.1, -0.05) is 18.2 Å². The lowest BCUT2D eigenvalue weighted by molar-refractivity contribution is -0.146. The van der Waals surface area contributed by atoms with Gasteiger partial charge in [-0.05, 0) is 43.2 Å².